The van der Waals surface area contributed by atoms with Crippen LogP contribution in [0.15, 0.2) is 24.3 Å². The van der Waals surface area contributed by atoms with Crippen LogP contribution in [0.25, 0.3) is 0 Å². The number of halogens is 4. The van der Waals surface area contributed by atoms with Crippen LogP contribution in [-0.2, 0) is 6.54 Å². The average molecular weight is 339 g/mol. The summed E-state index contributed by atoms with van der Waals surface area (Å²) in [5.74, 6) is -0.188. The van der Waals surface area contributed by atoms with Gasteiger partial charge in [-0.25, -0.2) is 0 Å². The van der Waals surface area contributed by atoms with Gasteiger partial charge in [0.2, 0.25) is 0 Å². The third kappa shape index (κ3) is 5.34. The summed E-state index contributed by atoms with van der Waals surface area (Å²) in [6.45, 7) is 6.79. The van der Waals surface area contributed by atoms with Crippen molar-refractivity contribution in [3.63, 3.8) is 0 Å². The Hall–Kier alpha value is -0.980. The molecule has 1 aromatic carbocycles. The van der Waals surface area contributed by atoms with E-state index >= 15 is 0 Å². The molecule has 1 saturated heterocycles. The van der Waals surface area contributed by atoms with Gasteiger partial charge in [-0.2, -0.15) is 0 Å². The molecule has 0 spiro atoms. The van der Waals surface area contributed by atoms with Gasteiger partial charge in [-0.05, 0) is 29.5 Å². The van der Waals surface area contributed by atoms with Crippen LogP contribution in [0, 0.1) is 5.41 Å². The summed E-state index contributed by atoms with van der Waals surface area (Å²) in [7, 11) is 0. The second-order valence-corrected chi connectivity index (χ2v) is 6.29. The van der Waals surface area contributed by atoms with Crippen LogP contribution in [0.2, 0.25) is 0 Å². The first-order valence-corrected chi connectivity index (χ1v) is 6.98. The Morgan fingerprint density at radius 1 is 1.27 bits per heavy atom. The second-order valence-electron chi connectivity index (χ2n) is 6.29. The van der Waals surface area contributed by atoms with Gasteiger partial charge in [0, 0.05) is 25.7 Å². The lowest BCUT2D eigenvalue weighted by atomic mass is 9.79. The zero-order valence-corrected chi connectivity index (χ0v) is 13.5. The van der Waals surface area contributed by atoms with Gasteiger partial charge in [-0.15, -0.1) is 25.6 Å². The number of piperidine rings is 1. The number of benzene rings is 1. The lowest BCUT2D eigenvalue weighted by molar-refractivity contribution is -0.274. The Balaban J connectivity index is 0.00000242. The molecular formula is C15H22ClF3N2O. The molecule has 0 bridgehead atoms. The summed E-state index contributed by atoms with van der Waals surface area (Å²) < 4.78 is 40.1. The van der Waals surface area contributed by atoms with E-state index < -0.39 is 6.36 Å². The maximum atomic E-state index is 12.1. The molecule has 0 radical (unpaired) electrons. The number of hydrogen-bond acceptors (Lipinski definition) is 3. The van der Waals surface area contributed by atoms with Crippen molar-refractivity contribution < 1.29 is 17.9 Å². The van der Waals surface area contributed by atoms with E-state index in [9.17, 15) is 13.2 Å². The van der Waals surface area contributed by atoms with E-state index in [0.717, 1.165) is 25.1 Å². The van der Waals surface area contributed by atoms with E-state index in [0.29, 0.717) is 6.54 Å². The summed E-state index contributed by atoms with van der Waals surface area (Å²) in [5.41, 5.74) is 7.12. The van der Waals surface area contributed by atoms with Crippen LogP contribution >= 0.6 is 12.4 Å². The summed E-state index contributed by atoms with van der Waals surface area (Å²) in [4.78, 5) is 2.28. The van der Waals surface area contributed by atoms with Crippen LogP contribution in [0.5, 0.6) is 5.75 Å². The standard InChI is InChI=1S/C15H21F3N2O.ClH/c1-14(2)10-20(8-7-13(14)19)9-11-3-5-12(6-4-11)21-15(16,17)18;/h3-6,13H,7-10,19H2,1-2H3;1H. The van der Waals surface area contributed by atoms with Crippen molar-refractivity contribution in [1.82, 2.24) is 4.90 Å². The van der Waals surface area contributed by atoms with Gasteiger partial charge in [-0.1, -0.05) is 26.0 Å². The quantitative estimate of drug-likeness (QED) is 0.915. The van der Waals surface area contributed by atoms with Crippen molar-refractivity contribution in [1.29, 1.82) is 0 Å². The van der Waals surface area contributed by atoms with Gasteiger partial charge in [0.1, 0.15) is 5.75 Å². The Morgan fingerprint density at radius 2 is 1.86 bits per heavy atom. The molecule has 2 N–H and O–H groups in total. The Kier molecular flexibility index (Phi) is 6.12. The van der Waals surface area contributed by atoms with Crippen LogP contribution in [-0.4, -0.2) is 30.4 Å². The van der Waals surface area contributed by atoms with Crippen molar-refractivity contribution in [3.05, 3.63) is 29.8 Å². The average Bonchev–Trinajstić information content (AvgIpc) is 2.34. The maximum Gasteiger partial charge on any atom is 0.573 e. The van der Waals surface area contributed by atoms with Gasteiger partial charge in [0.15, 0.2) is 0 Å². The number of nitrogens with zero attached hydrogens (tertiary/aromatic N) is 1. The SMILES string of the molecule is CC1(C)CN(Cc2ccc(OC(F)(F)F)cc2)CCC1N.Cl. The molecule has 22 heavy (non-hydrogen) atoms. The number of alkyl halides is 3. The first-order chi connectivity index (χ1) is 9.66. The van der Waals surface area contributed by atoms with Crippen LogP contribution < -0.4 is 10.5 Å². The number of rotatable bonds is 3. The number of nitrogens with two attached hydrogens (primary N) is 1. The van der Waals surface area contributed by atoms with Crippen LogP contribution in [0.4, 0.5) is 13.2 Å². The fraction of sp³-hybridized carbons (Fsp3) is 0.600. The summed E-state index contributed by atoms with van der Waals surface area (Å²) in [6.07, 6.45) is -3.71. The van der Waals surface area contributed by atoms with E-state index in [4.69, 9.17) is 5.73 Å². The molecule has 1 atom stereocenters. The van der Waals surface area contributed by atoms with Gasteiger partial charge >= 0.3 is 6.36 Å². The summed E-state index contributed by atoms with van der Waals surface area (Å²) in [6, 6.07) is 6.23. The predicted molar refractivity (Wildman–Crippen MR) is 82.0 cm³/mol. The smallest absolute Gasteiger partial charge is 0.406 e. The maximum absolute atomic E-state index is 12.1. The van der Waals surface area contributed by atoms with Crippen molar-refractivity contribution in [2.24, 2.45) is 11.1 Å². The molecule has 126 valence electrons. The van der Waals surface area contributed by atoms with Gasteiger partial charge in [0.05, 0.1) is 0 Å². The highest BCUT2D eigenvalue weighted by Crippen LogP contribution is 2.29. The zero-order valence-electron chi connectivity index (χ0n) is 12.7. The normalized spacial score (nSPS) is 22.0. The lowest BCUT2D eigenvalue weighted by Crippen LogP contribution is -2.52. The number of ether oxygens (including phenoxy) is 1. The molecule has 2 rings (SSSR count). The molecule has 0 saturated carbocycles. The van der Waals surface area contributed by atoms with Gasteiger partial charge in [0.25, 0.3) is 0 Å². The number of likely N-dealkylation sites (tertiary alicyclic amines) is 1. The first kappa shape index (κ1) is 19.1. The first-order valence-electron chi connectivity index (χ1n) is 6.98. The molecule has 1 aromatic rings. The fourth-order valence-corrected chi connectivity index (χ4v) is 2.67. The monoisotopic (exact) mass is 338 g/mol. The van der Waals surface area contributed by atoms with Crippen molar-refractivity contribution in [2.45, 2.75) is 39.2 Å². The molecule has 0 aliphatic carbocycles. The van der Waals surface area contributed by atoms with Crippen LogP contribution in [0.3, 0.4) is 0 Å². The molecule has 7 heteroatoms. The van der Waals surface area contributed by atoms with Gasteiger partial charge < -0.3 is 10.5 Å². The van der Waals surface area contributed by atoms with E-state index in [1.54, 1.807) is 12.1 Å². The highest BCUT2D eigenvalue weighted by atomic mass is 35.5. The largest absolute Gasteiger partial charge is 0.573 e. The Bertz CT molecular complexity index is 477. The van der Waals surface area contributed by atoms with Crippen LogP contribution in [0.1, 0.15) is 25.8 Å². The molecule has 0 amide bonds. The minimum atomic E-state index is -4.64. The van der Waals surface area contributed by atoms with Crippen molar-refractivity contribution in [3.8, 4) is 5.75 Å². The van der Waals surface area contributed by atoms with E-state index in [1.165, 1.54) is 12.1 Å². The Morgan fingerprint density at radius 3 is 2.36 bits per heavy atom. The second kappa shape index (κ2) is 7.06. The molecule has 1 unspecified atom stereocenters. The third-order valence-corrected chi connectivity index (χ3v) is 3.95. The highest BCUT2D eigenvalue weighted by Gasteiger charge is 2.33. The zero-order chi connectivity index (χ0) is 15.7. The highest BCUT2D eigenvalue weighted by molar-refractivity contribution is 5.85. The molecule has 1 fully saturated rings. The third-order valence-electron chi connectivity index (χ3n) is 3.95. The van der Waals surface area contributed by atoms with Crippen molar-refractivity contribution in [2.75, 3.05) is 13.1 Å². The molecule has 1 aliphatic heterocycles. The van der Waals surface area contributed by atoms with Gasteiger partial charge in [-0.3, -0.25) is 4.90 Å². The predicted octanol–water partition coefficient (Wildman–Crippen LogP) is 3.57. The van der Waals surface area contributed by atoms with E-state index in [1.807, 2.05) is 0 Å². The number of hydrogen-bond donors (Lipinski definition) is 1. The minimum Gasteiger partial charge on any atom is -0.406 e. The molecular weight excluding hydrogens is 317 g/mol. The Labute approximate surface area is 135 Å². The van der Waals surface area contributed by atoms with E-state index in [-0.39, 0.29) is 29.6 Å². The summed E-state index contributed by atoms with van der Waals surface area (Å²) >= 11 is 0. The minimum absolute atomic E-state index is 0. The van der Waals surface area contributed by atoms with Crippen molar-refractivity contribution >= 4 is 12.4 Å². The molecule has 1 heterocycles. The topological polar surface area (TPSA) is 38.5 Å². The molecule has 0 aromatic heterocycles. The molecule has 1 aliphatic rings. The fourth-order valence-electron chi connectivity index (χ4n) is 2.67. The lowest BCUT2D eigenvalue weighted by Gasteiger charge is -2.42. The van der Waals surface area contributed by atoms with E-state index in [2.05, 4.69) is 23.5 Å². The summed E-state index contributed by atoms with van der Waals surface area (Å²) in [5, 5.41) is 0. The molecule has 3 nitrogen and oxygen atoms in total.